The van der Waals surface area contributed by atoms with Gasteiger partial charge in [0, 0.05) is 17.7 Å². The molecule has 0 fully saturated rings. The molecule has 2 aromatic rings. The molecule has 0 atom stereocenters. The number of nitro groups is 1. The molecule has 0 N–H and O–H groups in total. The first-order valence-electron chi connectivity index (χ1n) is 5.52. The van der Waals surface area contributed by atoms with Gasteiger partial charge in [0.05, 0.1) is 12.0 Å². The lowest BCUT2D eigenvalue weighted by Crippen LogP contribution is -1.93. The smallest absolute Gasteiger partial charge is 0.270 e. The highest BCUT2D eigenvalue weighted by molar-refractivity contribution is 5.75. The number of rotatable bonds is 3. The molecule has 92 valence electrons. The summed E-state index contributed by atoms with van der Waals surface area (Å²) in [5, 5.41) is 10.8. The maximum atomic E-state index is 10.8. The van der Waals surface area contributed by atoms with E-state index >= 15 is 0 Å². The molecule has 0 unspecified atom stereocenters. The molecule has 0 saturated carbocycles. The Bertz CT molecular complexity index is 593. The van der Waals surface area contributed by atoms with Crippen molar-refractivity contribution in [3.05, 3.63) is 58.1 Å². The van der Waals surface area contributed by atoms with Crippen molar-refractivity contribution in [2.45, 2.75) is 6.92 Å². The Hall–Kier alpha value is -2.36. The Morgan fingerprint density at radius 2 is 1.83 bits per heavy atom. The van der Waals surface area contributed by atoms with Crippen LogP contribution in [-0.2, 0) is 0 Å². The fourth-order valence-electron chi connectivity index (χ4n) is 1.88. The minimum atomic E-state index is -0.391. The van der Waals surface area contributed by atoms with Gasteiger partial charge in [-0.2, -0.15) is 0 Å². The highest BCUT2D eigenvalue weighted by atomic mass is 16.6. The number of methoxy groups -OCH3 is 1. The summed E-state index contributed by atoms with van der Waals surface area (Å²) >= 11 is 0. The normalized spacial score (nSPS) is 10.1. The Morgan fingerprint density at radius 1 is 1.11 bits per heavy atom. The number of benzene rings is 2. The number of nitro benzene ring substituents is 1. The highest BCUT2D eigenvalue weighted by Crippen LogP contribution is 2.33. The SMILES string of the molecule is COc1ccccc1-c1cc([N+](=O)[O-])ccc1C. The van der Waals surface area contributed by atoms with E-state index in [1.54, 1.807) is 19.2 Å². The molecule has 0 aliphatic heterocycles. The number of nitrogens with zero attached hydrogens (tertiary/aromatic N) is 1. The summed E-state index contributed by atoms with van der Waals surface area (Å²) in [4.78, 5) is 10.4. The third-order valence-electron chi connectivity index (χ3n) is 2.83. The van der Waals surface area contributed by atoms with E-state index in [-0.39, 0.29) is 5.69 Å². The second-order valence-corrected chi connectivity index (χ2v) is 3.96. The zero-order valence-electron chi connectivity index (χ0n) is 10.2. The molecule has 2 rings (SSSR count). The number of ether oxygens (including phenoxy) is 1. The van der Waals surface area contributed by atoms with Gasteiger partial charge in [0.15, 0.2) is 0 Å². The number of non-ortho nitro benzene ring substituents is 1. The molecular weight excluding hydrogens is 230 g/mol. The summed E-state index contributed by atoms with van der Waals surface area (Å²) in [6.07, 6.45) is 0. The molecule has 0 bridgehead atoms. The van der Waals surface area contributed by atoms with Crippen LogP contribution in [0, 0.1) is 17.0 Å². The summed E-state index contributed by atoms with van der Waals surface area (Å²) in [5.41, 5.74) is 2.74. The molecular formula is C14H13NO3. The van der Waals surface area contributed by atoms with Gasteiger partial charge in [-0.3, -0.25) is 10.1 Å². The number of para-hydroxylation sites is 1. The Morgan fingerprint density at radius 3 is 2.50 bits per heavy atom. The van der Waals surface area contributed by atoms with Gasteiger partial charge in [-0.05, 0) is 24.1 Å². The molecule has 0 saturated heterocycles. The van der Waals surface area contributed by atoms with Crippen LogP contribution in [0.15, 0.2) is 42.5 Å². The minimum absolute atomic E-state index is 0.0847. The molecule has 0 aliphatic rings. The summed E-state index contributed by atoms with van der Waals surface area (Å²) in [6.45, 7) is 1.92. The molecule has 2 aromatic carbocycles. The maximum absolute atomic E-state index is 10.8. The van der Waals surface area contributed by atoms with Crippen molar-refractivity contribution in [1.82, 2.24) is 0 Å². The van der Waals surface area contributed by atoms with Crippen LogP contribution < -0.4 is 4.74 Å². The fraction of sp³-hybridized carbons (Fsp3) is 0.143. The maximum Gasteiger partial charge on any atom is 0.270 e. The van der Waals surface area contributed by atoms with Gasteiger partial charge in [0.25, 0.3) is 5.69 Å². The predicted molar refractivity (Wildman–Crippen MR) is 69.8 cm³/mol. The number of hydrogen-bond donors (Lipinski definition) is 0. The van der Waals surface area contributed by atoms with Crippen LogP contribution in [0.2, 0.25) is 0 Å². The van der Waals surface area contributed by atoms with Gasteiger partial charge in [0.1, 0.15) is 5.75 Å². The molecule has 0 amide bonds. The van der Waals surface area contributed by atoms with Crippen molar-refractivity contribution in [2.24, 2.45) is 0 Å². The monoisotopic (exact) mass is 243 g/mol. The van der Waals surface area contributed by atoms with Crippen LogP contribution >= 0.6 is 0 Å². The molecule has 0 heterocycles. The Labute approximate surface area is 105 Å². The van der Waals surface area contributed by atoms with Gasteiger partial charge >= 0.3 is 0 Å². The van der Waals surface area contributed by atoms with Crippen LogP contribution in [0.25, 0.3) is 11.1 Å². The zero-order valence-corrected chi connectivity index (χ0v) is 10.2. The van der Waals surface area contributed by atoms with E-state index in [4.69, 9.17) is 4.74 Å². The van der Waals surface area contributed by atoms with Gasteiger partial charge < -0.3 is 4.74 Å². The van der Waals surface area contributed by atoms with Crippen molar-refractivity contribution < 1.29 is 9.66 Å². The van der Waals surface area contributed by atoms with E-state index < -0.39 is 4.92 Å². The van der Waals surface area contributed by atoms with Crippen LogP contribution in [0.4, 0.5) is 5.69 Å². The number of hydrogen-bond acceptors (Lipinski definition) is 3. The molecule has 0 radical (unpaired) electrons. The van der Waals surface area contributed by atoms with Crippen LogP contribution in [0.1, 0.15) is 5.56 Å². The summed E-state index contributed by atoms with van der Waals surface area (Å²) in [5.74, 6) is 0.709. The van der Waals surface area contributed by atoms with E-state index in [0.717, 1.165) is 16.7 Å². The largest absolute Gasteiger partial charge is 0.496 e. The van der Waals surface area contributed by atoms with E-state index in [0.29, 0.717) is 5.75 Å². The van der Waals surface area contributed by atoms with Crippen LogP contribution in [0.5, 0.6) is 5.75 Å². The van der Waals surface area contributed by atoms with Crippen molar-refractivity contribution in [3.8, 4) is 16.9 Å². The summed E-state index contributed by atoms with van der Waals surface area (Å²) in [7, 11) is 1.59. The average molecular weight is 243 g/mol. The van der Waals surface area contributed by atoms with Gasteiger partial charge in [-0.25, -0.2) is 0 Å². The average Bonchev–Trinajstić information content (AvgIpc) is 2.39. The van der Waals surface area contributed by atoms with Crippen molar-refractivity contribution in [3.63, 3.8) is 0 Å². The van der Waals surface area contributed by atoms with Crippen molar-refractivity contribution in [2.75, 3.05) is 7.11 Å². The van der Waals surface area contributed by atoms with E-state index in [9.17, 15) is 10.1 Å². The minimum Gasteiger partial charge on any atom is -0.496 e. The summed E-state index contributed by atoms with van der Waals surface area (Å²) < 4.78 is 5.29. The quantitative estimate of drug-likeness (QED) is 0.611. The first kappa shape index (κ1) is 12.1. The molecule has 4 heteroatoms. The zero-order chi connectivity index (χ0) is 13.1. The molecule has 0 spiro atoms. The van der Waals surface area contributed by atoms with Gasteiger partial charge in [-0.15, -0.1) is 0 Å². The Balaban J connectivity index is 2.62. The topological polar surface area (TPSA) is 52.4 Å². The lowest BCUT2D eigenvalue weighted by Gasteiger charge is -2.10. The molecule has 0 aromatic heterocycles. The third kappa shape index (κ3) is 2.18. The predicted octanol–water partition coefficient (Wildman–Crippen LogP) is 3.58. The van der Waals surface area contributed by atoms with Crippen molar-refractivity contribution in [1.29, 1.82) is 0 Å². The summed E-state index contributed by atoms with van der Waals surface area (Å²) in [6, 6.07) is 12.3. The second-order valence-electron chi connectivity index (χ2n) is 3.96. The first-order valence-corrected chi connectivity index (χ1v) is 5.52. The van der Waals surface area contributed by atoms with Gasteiger partial charge in [0.2, 0.25) is 0 Å². The van der Waals surface area contributed by atoms with Crippen LogP contribution in [-0.4, -0.2) is 12.0 Å². The highest BCUT2D eigenvalue weighted by Gasteiger charge is 2.12. The molecule has 4 nitrogen and oxygen atoms in total. The van der Waals surface area contributed by atoms with Crippen LogP contribution in [0.3, 0.4) is 0 Å². The number of aryl methyl sites for hydroxylation is 1. The second kappa shape index (κ2) is 4.87. The van der Waals surface area contributed by atoms with E-state index in [2.05, 4.69) is 0 Å². The van der Waals surface area contributed by atoms with E-state index in [1.807, 2.05) is 31.2 Å². The Kier molecular flexibility index (Phi) is 3.28. The van der Waals surface area contributed by atoms with Gasteiger partial charge in [-0.1, -0.05) is 24.3 Å². The van der Waals surface area contributed by atoms with E-state index in [1.165, 1.54) is 6.07 Å². The first-order chi connectivity index (χ1) is 8.63. The fourth-order valence-corrected chi connectivity index (χ4v) is 1.88. The lowest BCUT2D eigenvalue weighted by atomic mass is 9.99. The van der Waals surface area contributed by atoms with Crippen molar-refractivity contribution >= 4 is 5.69 Å². The molecule has 18 heavy (non-hydrogen) atoms. The molecule has 0 aliphatic carbocycles. The standard InChI is InChI=1S/C14H13NO3/c1-10-7-8-11(15(16)17)9-13(10)12-5-3-4-6-14(12)18-2/h3-9H,1-2H3. The lowest BCUT2D eigenvalue weighted by molar-refractivity contribution is -0.384. The third-order valence-corrected chi connectivity index (χ3v) is 2.83.